The zero-order valence-corrected chi connectivity index (χ0v) is 11.1. The molecule has 1 N–H and O–H groups in total. The van der Waals surface area contributed by atoms with E-state index in [4.69, 9.17) is 5.11 Å². The number of aliphatic carboxylic acids is 1. The molecule has 0 aliphatic carbocycles. The van der Waals surface area contributed by atoms with Gasteiger partial charge in [0, 0.05) is 25.9 Å². The Bertz CT molecular complexity index is 314. The molecule has 1 aliphatic rings. The third-order valence-corrected chi connectivity index (χ3v) is 3.67. The summed E-state index contributed by atoms with van der Waals surface area (Å²) in [5.41, 5.74) is 0. The summed E-state index contributed by atoms with van der Waals surface area (Å²) < 4.78 is 0. The highest BCUT2D eigenvalue weighted by Crippen LogP contribution is 2.26. The molecule has 0 aromatic rings. The number of amides is 1. The second kappa shape index (κ2) is 7.19. The van der Waals surface area contributed by atoms with Crippen molar-refractivity contribution < 1.29 is 14.7 Å². The number of carboxylic acids is 1. The van der Waals surface area contributed by atoms with Crippen LogP contribution in [0.1, 0.15) is 39.0 Å². The molecular weight excluding hydrogens is 230 g/mol. The highest BCUT2D eigenvalue weighted by molar-refractivity contribution is 5.76. The summed E-state index contributed by atoms with van der Waals surface area (Å²) in [6.45, 7) is 7.11. The van der Waals surface area contributed by atoms with Gasteiger partial charge in [-0.1, -0.05) is 13.0 Å². The third-order valence-electron chi connectivity index (χ3n) is 3.67. The number of likely N-dealkylation sites (tertiary alicyclic amines) is 1. The van der Waals surface area contributed by atoms with Crippen LogP contribution in [0.5, 0.6) is 0 Å². The predicted molar refractivity (Wildman–Crippen MR) is 70.2 cm³/mol. The van der Waals surface area contributed by atoms with E-state index in [0.29, 0.717) is 25.3 Å². The molecule has 0 saturated carbocycles. The van der Waals surface area contributed by atoms with Crippen LogP contribution in [-0.2, 0) is 9.59 Å². The van der Waals surface area contributed by atoms with Crippen LogP contribution in [0, 0.1) is 11.8 Å². The molecule has 1 aliphatic heterocycles. The molecule has 2 unspecified atom stereocenters. The van der Waals surface area contributed by atoms with E-state index >= 15 is 0 Å². The standard InChI is InChI=1S/C14H23NO3/c1-3-4-7-13(16)15-8-5-6-12(10-15)11(2)9-14(17)18/h3,11-12H,1,4-10H2,2H3,(H,17,18). The van der Waals surface area contributed by atoms with Gasteiger partial charge >= 0.3 is 5.97 Å². The molecule has 1 rings (SSSR count). The van der Waals surface area contributed by atoms with Crippen LogP contribution in [0.15, 0.2) is 12.7 Å². The SMILES string of the molecule is C=CCCC(=O)N1CCCC(C(C)CC(=O)O)C1. The average Bonchev–Trinajstić information content (AvgIpc) is 2.35. The Balaban J connectivity index is 2.47. The monoisotopic (exact) mass is 253 g/mol. The zero-order chi connectivity index (χ0) is 13.5. The highest BCUT2D eigenvalue weighted by Gasteiger charge is 2.27. The van der Waals surface area contributed by atoms with Crippen LogP contribution in [0.25, 0.3) is 0 Å². The number of hydrogen-bond acceptors (Lipinski definition) is 2. The van der Waals surface area contributed by atoms with Gasteiger partial charge in [0.05, 0.1) is 0 Å². The number of carbonyl (C=O) groups is 2. The van der Waals surface area contributed by atoms with E-state index in [1.807, 2.05) is 11.8 Å². The van der Waals surface area contributed by atoms with E-state index in [-0.39, 0.29) is 18.2 Å². The maximum atomic E-state index is 11.9. The van der Waals surface area contributed by atoms with Gasteiger partial charge < -0.3 is 10.0 Å². The Kier molecular flexibility index (Phi) is 5.89. The zero-order valence-electron chi connectivity index (χ0n) is 11.1. The van der Waals surface area contributed by atoms with Crippen molar-refractivity contribution in [2.45, 2.75) is 39.0 Å². The molecule has 4 heteroatoms. The summed E-state index contributed by atoms with van der Waals surface area (Å²) in [6, 6.07) is 0. The molecule has 0 bridgehead atoms. The largest absolute Gasteiger partial charge is 0.481 e. The molecule has 1 amide bonds. The Morgan fingerprint density at radius 2 is 2.28 bits per heavy atom. The Morgan fingerprint density at radius 3 is 2.89 bits per heavy atom. The van der Waals surface area contributed by atoms with Crippen molar-refractivity contribution in [2.75, 3.05) is 13.1 Å². The van der Waals surface area contributed by atoms with E-state index in [9.17, 15) is 9.59 Å². The van der Waals surface area contributed by atoms with Crippen LogP contribution in [0.3, 0.4) is 0 Å². The van der Waals surface area contributed by atoms with Gasteiger partial charge in [0.1, 0.15) is 0 Å². The minimum Gasteiger partial charge on any atom is -0.481 e. The van der Waals surface area contributed by atoms with Gasteiger partial charge in [-0.3, -0.25) is 9.59 Å². The van der Waals surface area contributed by atoms with Crippen molar-refractivity contribution >= 4 is 11.9 Å². The van der Waals surface area contributed by atoms with Gasteiger partial charge in [0.15, 0.2) is 0 Å². The maximum absolute atomic E-state index is 11.9. The second-order valence-corrected chi connectivity index (χ2v) is 5.14. The molecule has 18 heavy (non-hydrogen) atoms. The topological polar surface area (TPSA) is 57.6 Å². The van der Waals surface area contributed by atoms with Gasteiger partial charge in [-0.15, -0.1) is 6.58 Å². The van der Waals surface area contributed by atoms with Gasteiger partial charge in [-0.05, 0) is 31.1 Å². The molecule has 102 valence electrons. The van der Waals surface area contributed by atoms with E-state index in [1.54, 1.807) is 6.08 Å². The van der Waals surface area contributed by atoms with Crippen LogP contribution in [0.4, 0.5) is 0 Å². The average molecular weight is 253 g/mol. The summed E-state index contributed by atoms with van der Waals surface area (Å²) in [5.74, 6) is -0.125. The van der Waals surface area contributed by atoms with Gasteiger partial charge in [0.25, 0.3) is 0 Å². The lowest BCUT2D eigenvalue weighted by atomic mass is 9.84. The summed E-state index contributed by atoms with van der Waals surface area (Å²) in [5, 5.41) is 8.81. The molecular formula is C14H23NO3. The van der Waals surface area contributed by atoms with Gasteiger partial charge in [-0.25, -0.2) is 0 Å². The summed E-state index contributed by atoms with van der Waals surface area (Å²) in [6.07, 6.45) is 5.19. The molecule has 0 radical (unpaired) electrons. The summed E-state index contributed by atoms with van der Waals surface area (Å²) in [4.78, 5) is 24.5. The fourth-order valence-electron chi connectivity index (χ4n) is 2.53. The van der Waals surface area contributed by atoms with E-state index in [0.717, 1.165) is 19.4 Å². The fourth-order valence-corrected chi connectivity index (χ4v) is 2.53. The van der Waals surface area contributed by atoms with Crippen LogP contribution in [0.2, 0.25) is 0 Å². The predicted octanol–water partition coefficient (Wildman–Crippen LogP) is 2.30. The number of hydrogen-bond donors (Lipinski definition) is 1. The van der Waals surface area contributed by atoms with E-state index in [2.05, 4.69) is 6.58 Å². The minimum absolute atomic E-state index is 0.137. The quantitative estimate of drug-likeness (QED) is 0.739. The van der Waals surface area contributed by atoms with Crippen LogP contribution < -0.4 is 0 Å². The van der Waals surface area contributed by atoms with E-state index in [1.165, 1.54) is 0 Å². The molecule has 2 atom stereocenters. The van der Waals surface area contributed by atoms with Crippen molar-refractivity contribution in [2.24, 2.45) is 11.8 Å². The Morgan fingerprint density at radius 1 is 1.56 bits per heavy atom. The molecule has 0 aromatic carbocycles. The van der Waals surface area contributed by atoms with Gasteiger partial charge in [-0.2, -0.15) is 0 Å². The first kappa shape index (κ1) is 14.7. The molecule has 1 fully saturated rings. The smallest absolute Gasteiger partial charge is 0.303 e. The van der Waals surface area contributed by atoms with E-state index < -0.39 is 5.97 Å². The van der Waals surface area contributed by atoms with Crippen LogP contribution >= 0.6 is 0 Å². The summed E-state index contributed by atoms with van der Waals surface area (Å²) in [7, 11) is 0. The first-order chi connectivity index (χ1) is 8.54. The number of carboxylic acid groups (broad SMARTS) is 1. The number of piperidine rings is 1. The van der Waals surface area contributed by atoms with Crippen LogP contribution in [-0.4, -0.2) is 35.0 Å². The molecule has 0 spiro atoms. The number of rotatable bonds is 6. The molecule has 0 aromatic heterocycles. The van der Waals surface area contributed by atoms with Gasteiger partial charge in [0.2, 0.25) is 5.91 Å². The van der Waals surface area contributed by atoms with Crippen molar-refractivity contribution in [3.05, 3.63) is 12.7 Å². The number of allylic oxidation sites excluding steroid dienone is 1. The fraction of sp³-hybridized carbons (Fsp3) is 0.714. The summed E-state index contributed by atoms with van der Waals surface area (Å²) >= 11 is 0. The lowest BCUT2D eigenvalue weighted by Gasteiger charge is -2.35. The highest BCUT2D eigenvalue weighted by atomic mass is 16.4. The number of nitrogens with zero attached hydrogens (tertiary/aromatic N) is 1. The molecule has 1 saturated heterocycles. The lowest BCUT2D eigenvalue weighted by molar-refractivity contribution is -0.138. The van der Waals surface area contributed by atoms with Crippen molar-refractivity contribution in [3.63, 3.8) is 0 Å². The number of carbonyl (C=O) groups excluding carboxylic acids is 1. The normalized spacial score (nSPS) is 21.4. The first-order valence-electron chi connectivity index (χ1n) is 6.65. The lowest BCUT2D eigenvalue weighted by Crippen LogP contribution is -2.41. The Hall–Kier alpha value is -1.32. The third kappa shape index (κ3) is 4.51. The Labute approximate surface area is 109 Å². The second-order valence-electron chi connectivity index (χ2n) is 5.14. The van der Waals surface area contributed by atoms with Crippen molar-refractivity contribution in [1.82, 2.24) is 4.90 Å². The van der Waals surface area contributed by atoms with Crippen molar-refractivity contribution in [3.8, 4) is 0 Å². The van der Waals surface area contributed by atoms with Crippen molar-refractivity contribution in [1.29, 1.82) is 0 Å². The first-order valence-corrected chi connectivity index (χ1v) is 6.65. The minimum atomic E-state index is -0.752. The maximum Gasteiger partial charge on any atom is 0.303 e. The molecule has 1 heterocycles. The molecule has 4 nitrogen and oxygen atoms in total.